The molecule has 3 heterocycles. The number of benzene rings is 1. The summed E-state index contributed by atoms with van der Waals surface area (Å²) in [6, 6.07) is 18.3. The molecule has 2 N–H and O–H groups in total. The summed E-state index contributed by atoms with van der Waals surface area (Å²) in [5.41, 5.74) is 9.56. The quantitative estimate of drug-likeness (QED) is 0.182. The fourth-order valence-corrected chi connectivity index (χ4v) is 4.69. The average molecular weight is 516 g/mol. The molecule has 1 aliphatic carbocycles. The first-order valence-corrected chi connectivity index (χ1v) is 13.3. The summed E-state index contributed by atoms with van der Waals surface area (Å²) in [6.07, 6.45) is 16.1. The third-order valence-corrected chi connectivity index (χ3v) is 6.49. The van der Waals surface area contributed by atoms with E-state index in [9.17, 15) is 0 Å². The molecule has 0 bridgehead atoms. The molecule has 4 aromatic rings. The Labute approximate surface area is 232 Å². The molecule has 0 aliphatic heterocycles. The maximum Gasteiger partial charge on any atom is 0.137 e. The maximum atomic E-state index is 4.86. The summed E-state index contributed by atoms with van der Waals surface area (Å²) in [4.78, 5) is 9.25. The molecule has 0 amide bonds. The first kappa shape index (κ1) is 27.4. The van der Waals surface area contributed by atoms with Gasteiger partial charge in [-0.1, -0.05) is 43.5 Å². The summed E-state index contributed by atoms with van der Waals surface area (Å²) in [7, 11) is 0. The Morgan fingerprint density at radius 1 is 1.03 bits per heavy atom. The average Bonchev–Trinajstić information content (AvgIpc) is 3.39. The van der Waals surface area contributed by atoms with Crippen molar-refractivity contribution >= 4 is 22.8 Å². The topological polar surface area (TPSA) is 54.2 Å². The zero-order valence-electron chi connectivity index (χ0n) is 23.0. The van der Waals surface area contributed by atoms with E-state index < -0.39 is 0 Å². The molecule has 0 saturated heterocycles. The van der Waals surface area contributed by atoms with E-state index >= 15 is 0 Å². The fraction of sp³-hybridized carbons (Fsp3) is 0.176. The Morgan fingerprint density at radius 2 is 1.82 bits per heavy atom. The van der Waals surface area contributed by atoms with Gasteiger partial charge in [0.1, 0.15) is 11.5 Å². The first-order valence-electron chi connectivity index (χ1n) is 13.3. The van der Waals surface area contributed by atoms with Crippen molar-refractivity contribution in [2.24, 2.45) is 0 Å². The molecule has 0 fully saturated rings. The smallest absolute Gasteiger partial charge is 0.137 e. The number of hydrogen-bond donors (Lipinski definition) is 2. The van der Waals surface area contributed by atoms with Gasteiger partial charge in [-0.05, 0) is 93.1 Å². The second-order valence-corrected chi connectivity index (χ2v) is 9.49. The van der Waals surface area contributed by atoms with E-state index in [1.165, 1.54) is 29.7 Å². The van der Waals surface area contributed by atoms with E-state index in [2.05, 4.69) is 72.8 Å². The highest BCUT2D eigenvalue weighted by molar-refractivity contribution is 5.80. The second-order valence-electron chi connectivity index (χ2n) is 9.49. The molecule has 3 aromatic heterocycles. The van der Waals surface area contributed by atoms with E-state index in [4.69, 9.17) is 4.98 Å². The van der Waals surface area contributed by atoms with Crippen LogP contribution < -0.4 is 10.6 Å². The van der Waals surface area contributed by atoms with Gasteiger partial charge in [-0.15, -0.1) is 6.58 Å². The van der Waals surface area contributed by atoms with E-state index in [0.29, 0.717) is 0 Å². The molecule has 0 radical (unpaired) electrons. The minimum Gasteiger partial charge on any atom is -0.359 e. The number of aromatic nitrogens is 3. The maximum absolute atomic E-state index is 4.86. The second kappa shape index (κ2) is 13.2. The summed E-state index contributed by atoms with van der Waals surface area (Å²) in [5, 5.41) is 7.11. The number of anilines is 2. The number of allylic oxidation sites excluding steroid dienone is 6. The monoisotopic (exact) mass is 515 g/mol. The van der Waals surface area contributed by atoms with Crippen LogP contribution in [-0.2, 0) is 0 Å². The van der Waals surface area contributed by atoms with Gasteiger partial charge < -0.3 is 15.0 Å². The van der Waals surface area contributed by atoms with Crippen molar-refractivity contribution in [1.29, 1.82) is 0 Å². The van der Waals surface area contributed by atoms with Crippen LogP contribution in [0, 0.1) is 0 Å². The fourth-order valence-electron chi connectivity index (χ4n) is 4.69. The van der Waals surface area contributed by atoms with Crippen LogP contribution in [0.3, 0.4) is 0 Å². The Bertz CT molecular complexity index is 1490. The number of nitrogens with zero attached hydrogens (tertiary/aromatic N) is 3. The predicted molar refractivity (Wildman–Crippen MR) is 166 cm³/mol. The molecule has 1 aromatic carbocycles. The van der Waals surface area contributed by atoms with Crippen molar-refractivity contribution in [3.63, 3.8) is 0 Å². The first-order chi connectivity index (χ1) is 19.0. The van der Waals surface area contributed by atoms with Crippen molar-refractivity contribution in [1.82, 2.24) is 14.4 Å². The lowest BCUT2D eigenvalue weighted by Crippen LogP contribution is -2.10. The van der Waals surface area contributed by atoms with Gasteiger partial charge in [-0.2, -0.15) is 0 Å². The third-order valence-electron chi connectivity index (χ3n) is 6.49. The van der Waals surface area contributed by atoms with Crippen molar-refractivity contribution in [3.05, 3.63) is 134 Å². The number of fused-ring (bicyclic) bond motifs is 1. The molecule has 5 heteroatoms. The molecule has 0 atom stereocenters. The number of nitrogens with one attached hydrogen (secondary N) is 2. The van der Waals surface area contributed by atoms with Gasteiger partial charge >= 0.3 is 0 Å². The van der Waals surface area contributed by atoms with Crippen LogP contribution in [0.15, 0.2) is 128 Å². The van der Waals surface area contributed by atoms with E-state index in [-0.39, 0.29) is 0 Å². The minimum atomic E-state index is 0.762. The summed E-state index contributed by atoms with van der Waals surface area (Å²) >= 11 is 0. The predicted octanol–water partition coefficient (Wildman–Crippen LogP) is 9.04. The van der Waals surface area contributed by atoms with Gasteiger partial charge in [0.05, 0.1) is 5.69 Å². The number of pyridine rings is 2. The van der Waals surface area contributed by atoms with Crippen LogP contribution in [0.1, 0.15) is 45.1 Å². The van der Waals surface area contributed by atoms with Gasteiger partial charge in [0.15, 0.2) is 0 Å². The molecule has 39 heavy (non-hydrogen) atoms. The summed E-state index contributed by atoms with van der Waals surface area (Å²) < 4.78 is 2.04. The number of hydrogen-bond acceptors (Lipinski definition) is 4. The Balaban J connectivity index is 0.00000112. The van der Waals surface area contributed by atoms with E-state index in [0.717, 1.165) is 52.5 Å². The summed E-state index contributed by atoms with van der Waals surface area (Å²) in [5.74, 6) is 0.762. The van der Waals surface area contributed by atoms with Gasteiger partial charge in [0.25, 0.3) is 0 Å². The highest BCUT2D eigenvalue weighted by atomic mass is 15.0. The molecule has 0 spiro atoms. The molecule has 5 rings (SSSR count). The Hall–Kier alpha value is -4.64. The van der Waals surface area contributed by atoms with Crippen molar-refractivity contribution in [3.8, 4) is 11.3 Å². The highest BCUT2D eigenvalue weighted by Crippen LogP contribution is 2.33. The molecular formula is C34H37N5. The molecule has 5 nitrogen and oxygen atoms in total. The third kappa shape index (κ3) is 7.02. The van der Waals surface area contributed by atoms with Crippen LogP contribution in [-0.4, -0.2) is 14.4 Å². The normalized spacial score (nSPS) is 13.3. The number of imidazole rings is 1. The van der Waals surface area contributed by atoms with Gasteiger partial charge in [0, 0.05) is 46.8 Å². The van der Waals surface area contributed by atoms with Gasteiger partial charge in [0.2, 0.25) is 0 Å². The SMILES string of the molecule is C=C/C=C(\C)C1=C(Nc2cc(C(=C)Nc3ccccn3)cc(-c3cn4ccccc4n3)c2)CCCC1.C=CC. The zero-order chi connectivity index (χ0) is 27.6. The number of rotatable bonds is 8. The Kier molecular flexibility index (Phi) is 9.30. The lowest BCUT2D eigenvalue weighted by Gasteiger charge is -2.23. The standard InChI is InChI=1S/C31H31N5.C3H6/c1-4-11-22(2)27-12-5-6-13-28(27)34-26-19-24(23(3)33-30-14-7-9-16-32-30)18-25(20-26)29-21-36-17-10-8-15-31(36)35-29;1-3-2/h4,7-11,14-21,34H,1,3,5-6,12-13H2,2H3,(H,32,33);3H,1H2,2H3/b22-11+;. The largest absolute Gasteiger partial charge is 0.359 e. The van der Waals surface area contributed by atoms with Crippen molar-refractivity contribution < 1.29 is 0 Å². The molecule has 0 unspecified atom stereocenters. The van der Waals surface area contributed by atoms with E-state index in [1.807, 2.05) is 60.0 Å². The molecule has 0 saturated carbocycles. The summed E-state index contributed by atoms with van der Waals surface area (Å²) in [6.45, 7) is 15.6. The van der Waals surface area contributed by atoms with Crippen LogP contribution in [0.5, 0.6) is 0 Å². The van der Waals surface area contributed by atoms with Crippen molar-refractivity contribution in [2.45, 2.75) is 39.5 Å². The van der Waals surface area contributed by atoms with Crippen LogP contribution in [0.2, 0.25) is 0 Å². The minimum absolute atomic E-state index is 0.762. The molecule has 198 valence electrons. The van der Waals surface area contributed by atoms with Gasteiger partial charge in [-0.3, -0.25) is 0 Å². The van der Waals surface area contributed by atoms with E-state index in [1.54, 1.807) is 12.3 Å². The van der Waals surface area contributed by atoms with Gasteiger partial charge in [-0.25, -0.2) is 9.97 Å². The lowest BCUT2D eigenvalue weighted by atomic mass is 9.91. The van der Waals surface area contributed by atoms with Crippen LogP contribution in [0.4, 0.5) is 11.5 Å². The van der Waals surface area contributed by atoms with Crippen LogP contribution >= 0.6 is 0 Å². The van der Waals surface area contributed by atoms with Crippen molar-refractivity contribution in [2.75, 3.05) is 10.6 Å². The Morgan fingerprint density at radius 3 is 2.56 bits per heavy atom. The van der Waals surface area contributed by atoms with Crippen LogP contribution in [0.25, 0.3) is 22.6 Å². The molecular weight excluding hydrogens is 478 g/mol. The molecule has 1 aliphatic rings. The zero-order valence-corrected chi connectivity index (χ0v) is 23.0. The highest BCUT2D eigenvalue weighted by Gasteiger charge is 2.16. The lowest BCUT2D eigenvalue weighted by molar-refractivity contribution is 0.679.